The van der Waals surface area contributed by atoms with Crippen LogP contribution in [0.5, 0.6) is 0 Å². The lowest BCUT2D eigenvalue weighted by atomic mass is 10.1. The highest BCUT2D eigenvalue weighted by molar-refractivity contribution is 7.47. The highest BCUT2D eigenvalue weighted by atomic mass is 31.2. The highest BCUT2D eigenvalue weighted by Gasteiger charge is 2.27. The van der Waals surface area contributed by atoms with Gasteiger partial charge in [0.15, 0.2) is 6.10 Å². The third kappa shape index (κ3) is 40.6. The van der Waals surface area contributed by atoms with Crippen LogP contribution in [0.25, 0.3) is 0 Å². The summed E-state index contributed by atoms with van der Waals surface area (Å²) in [6, 6.07) is 0. The number of hydrogen-bond donors (Lipinski definition) is 4. The molecule has 0 aromatic rings. The van der Waals surface area contributed by atoms with E-state index in [-0.39, 0.29) is 38.9 Å². The van der Waals surface area contributed by atoms with Gasteiger partial charge in [-0.3, -0.25) is 18.6 Å². The molecule has 0 fully saturated rings. The molecule has 0 saturated carbocycles. The summed E-state index contributed by atoms with van der Waals surface area (Å²) in [5.74, 6) is -1.17. The summed E-state index contributed by atoms with van der Waals surface area (Å²) < 4.78 is 34.0. The zero-order valence-electron chi connectivity index (χ0n) is 37.9. The summed E-state index contributed by atoms with van der Waals surface area (Å²) in [6.45, 7) is 3.74. The van der Waals surface area contributed by atoms with Crippen LogP contribution in [0.2, 0.25) is 0 Å². The molecule has 0 saturated heterocycles. The second-order valence-corrected chi connectivity index (χ2v) is 17.4. The van der Waals surface area contributed by atoms with Crippen LogP contribution in [-0.2, 0) is 32.7 Å². The third-order valence-electron chi connectivity index (χ3n) is 8.94. The van der Waals surface area contributed by atoms with Gasteiger partial charge in [-0.25, -0.2) is 4.57 Å². The van der Waals surface area contributed by atoms with Gasteiger partial charge in [0.05, 0.1) is 46.1 Å². The predicted molar refractivity (Wildman–Crippen MR) is 246 cm³/mol. The molecule has 348 valence electrons. The molecule has 0 spiro atoms. The quantitative estimate of drug-likeness (QED) is 0.0116. The molecular formula is C48H81NO11P+. The second-order valence-electron chi connectivity index (χ2n) is 15.9. The first-order valence-corrected chi connectivity index (χ1v) is 23.8. The number of quaternary nitrogens is 1. The summed E-state index contributed by atoms with van der Waals surface area (Å²) in [7, 11) is 1.23. The normalized spacial score (nSPS) is 16.0. The number of allylic oxidation sites excluding steroid dienone is 13. The van der Waals surface area contributed by atoms with Crippen molar-refractivity contribution >= 4 is 19.8 Å². The fourth-order valence-corrected chi connectivity index (χ4v) is 6.04. The van der Waals surface area contributed by atoms with Crippen LogP contribution in [0.1, 0.15) is 123 Å². The van der Waals surface area contributed by atoms with Crippen molar-refractivity contribution in [3.05, 3.63) is 97.2 Å². The van der Waals surface area contributed by atoms with E-state index in [1.807, 2.05) is 40.2 Å². The monoisotopic (exact) mass is 879 g/mol. The Morgan fingerprint density at radius 2 is 1.25 bits per heavy atom. The lowest BCUT2D eigenvalue weighted by Crippen LogP contribution is -2.37. The number of carbonyl (C=O) groups excluding carboxylic acids is 2. The Kier molecular flexibility index (Phi) is 36.5. The molecular weight excluding hydrogens is 797 g/mol. The van der Waals surface area contributed by atoms with Crippen molar-refractivity contribution in [3.63, 3.8) is 0 Å². The molecule has 0 aromatic heterocycles. The number of ether oxygens (including phenoxy) is 2. The average molecular weight is 879 g/mol. The van der Waals surface area contributed by atoms with E-state index in [0.29, 0.717) is 23.9 Å². The molecule has 0 aliphatic carbocycles. The van der Waals surface area contributed by atoms with E-state index in [9.17, 15) is 34.4 Å². The fraction of sp³-hybridized carbons (Fsp3) is 0.625. The van der Waals surface area contributed by atoms with Crippen LogP contribution in [0.4, 0.5) is 0 Å². The minimum absolute atomic E-state index is 0.0423. The molecule has 12 nitrogen and oxygen atoms in total. The van der Waals surface area contributed by atoms with Gasteiger partial charge < -0.3 is 34.2 Å². The summed E-state index contributed by atoms with van der Waals surface area (Å²) in [6.07, 6.45) is 39.7. The van der Waals surface area contributed by atoms with Crippen LogP contribution in [0, 0.1) is 0 Å². The van der Waals surface area contributed by atoms with E-state index in [1.165, 1.54) is 25.3 Å². The number of nitrogens with zero attached hydrogens (tertiary/aromatic N) is 1. The molecule has 13 heteroatoms. The number of likely N-dealkylation sites (N-methyl/N-ethyl adjacent to an activating group) is 1. The molecule has 5 atom stereocenters. The number of phosphoric acid groups is 1. The Morgan fingerprint density at radius 3 is 1.89 bits per heavy atom. The van der Waals surface area contributed by atoms with Crippen molar-refractivity contribution in [2.45, 2.75) is 147 Å². The van der Waals surface area contributed by atoms with E-state index >= 15 is 0 Å². The van der Waals surface area contributed by atoms with Gasteiger partial charge in [0.1, 0.15) is 19.8 Å². The zero-order chi connectivity index (χ0) is 45.5. The molecule has 0 bridgehead atoms. The Balaban J connectivity index is 4.75. The van der Waals surface area contributed by atoms with E-state index in [4.69, 9.17) is 18.5 Å². The smallest absolute Gasteiger partial charge is 0.462 e. The van der Waals surface area contributed by atoms with Crippen molar-refractivity contribution in [3.8, 4) is 0 Å². The number of rotatable bonds is 38. The third-order valence-corrected chi connectivity index (χ3v) is 9.93. The summed E-state index contributed by atoms with van der Waals surface area (Å²) in [5, 5.41) is 30.5. The minimum atomic E-state index is -4.49. The molecule has 0 amide bonds. The van der Waals surface area contributed by atoms with Gasteiger partial charge in [0, 0.05) is 12.8 Å². The van der Waals surface area contributed by atoms with Crippen LogP contribution in [0.15, 0.2) is 97.2 Å². The van der Waals surface area contributed by atoms with Gasteiger partial charge in [0.25, 0.3) is 0 Å². The first-order valence-electron chi connectivity index (χ1n) is 22.3. The minimum Gasteiger partial charge on any atom is -0.462 e. The van der Waals surface area contributed by atoms with Gasteiger partial charge in [-0.05, 0) is 70.6 Å². The topological polar surface area (TPSA) is 169 Å². The predicted octanol–water partition coefficient (Wildman–Crippen LogP) is 9.49. The average Bonchev–Trinajstić information content (AvgIpc) is 3.20. The first kappa shape index (κ1) is 57.8. The van der Waals surface area contributed by atoms with E-state index in [2.05, 4.69) is 43.4 Å². The van der Waals surface area contributed by atoms with Gasteiger partial charge in [-0.1, -0.05) is 137 Å². The second kappa shape index (κ2) is 38.5. The van der Waals surface area contributed by atoms with Gasteiger partial charge in [-0.2, -0.15) is 0 Å². The van der Waals surface area contributed by atoms with Crippen molar-refractivity contribution in [2.75, 3.05) is 47.5 Å². The van der Waals surface area contributed by atoms with Gasteiger partial charge in [0.2, 0.25) is 0 Å². The van der Waals surface area contributed by atoms with Gasteiger partial charge >= 0.3 is 19.8 Å². The summed E-state index contributed by atoms with van der Waals surface area (Å²) in [5.41, 5.74) is 0. The maximum absolute atomic E-state index is 12.7. The van der Waals surface area contributed by atoms with Crippen LogP contribution in [-0.4, -0.2) is 109 Å². The summed E-state index contributed by atoms with van der Waals surface area (Å²) in [4.78, 5) is 35.4. The molecule has 4 N–H and O–H groups in total. The number of esters is 2. The number of aliphatic hydroxyl groups excluding tert-OH is 3. The number of hydrogen-bond acceptors (Lipinski definition) is 10. The molecule has 0 radical (unpaired) electrons. The van der Waals surface area contributed by atoms with Gasteiger partial charge in [-0.15, -0.1) is 0 Å². The van der Waals surface area contributed by atoms with Crippen molar-refractivity contribution in [2.24, 2.45) is 0 Å². The fourth-order valence-electron chi connectivity index (χ4n) is 5.30. The SMILES string of the molecule is CC/C=C\C[C@H](O)/C=C/C=C/C=C\C=C/[C@@H](O)[C@H](O)CCCC(=O)O[C@H](COC(=O)CCCCCC/C=C\C/C=C\C/C=C\CCCCC)COP(=O)(O)OCC[N+](C)(C)C. The molecule has 1 unspecified atom stereocenters. The standard InChI is InChI=1S/C48H80NO11P/c1-6-8-10-11-12-13-14-15-16-17-18-19-20-21-22-27-31-37-47(53)57-41-44(42-59-61(55,56)58-40-39-49(3,4)5)60-48(54)38-32-36-46(52)45(51)35-30-26-24-23-25-29-34-43(50)33-28-9-7-2/h9,12-13,15-16,18-19,23-26,28-30,34-35,43-46,50-52H,6-8,10-11,14,17,20-22,27,31-33,36-42H2,1-5H3/p+1/b13-12-,16-15-,19-18-,25-23+,26-24-,28-9-,34-29+,35-30-/t43-,44+,45+,46+/m0/s1. The van der Waals surface area contributed by atoms with E-state index in [1.54, 1.807) is 42.5 Å². The molecule has 0 aliphatic rings. The molecule has 0 heterocycles. The van der Waals surface area contributed by atoms with Crippen LogP contribution in [0.3, 0.4) is 0 Å². The lowest BCUT2D eigenvalue weighted by Gasteiger charge is -2.24. The molecule has 0 aromatic carbocycles. The van der Waals surface area contributed by atoms with Crippen molar-refractivity contribution in [1.29, 1.82) is 0 Å². The number of phosphoric ester groups is 1. The largest absolute Gasteiger partial charge is 0.472 e. The lowest BCUT2D eigenvalue weighted by molar-refractivity contribution is -0.870. The van der Waals surface area contributed by atoms with Crippen molar-refractivity contribution < 1.29 is 57.4 Å². The zero-order valence-corrected chi connectivity index (χ0v) is 38.8. The van der Waals surface area contributed by atoms with Crippen LogP contribution < -0.4 is 0 Å². The number of carbonyl (C=O) groups is 2. The maximum Gasteiger partial charge on any atom is 0.472 e. The van der Waals surface area contributed by atoms with Crippen LogP contribution >= 0.6 is 7.82 Å². The Labute approximate surface area is 368 Å². The van der Waals surface area contributed by atoms with E-state index < -0.39 is 50.8 Å². The Bertz CT molecular complexity index is 1410. The maximum atomic E-state index is 12.7. The molecule has 0 aliphatic heterocycles. The first-order chi connectivity index (χ1) is 29.2. The Morgan fingerprint density at radius 1 is 0.656 bits per heavy atom. The number of aliphatic hydroxyl groups is 3. The summed E-state index contributed by atoms with van der Waals surface area (Å²) >= 11 is 0. The molecule has 61 heavy (non-hydrogen) atoms. The Hall–Kier alpha value is -3.19. The van der Waals surface area contributed by atoms with Crippen molar-refractivity contribution in [1.82, 2.24) is 0 Å². The highest BCUT2D eigenvalue weighted by Crippen LogP contribution is 2.43. The molecule has 0 rings (SSSR count). The number of unbranched alkanes of at least 4 members (excludes halogenated alkanes) is 7. The van der Waals surface area contributed by atoms with E-state index in [0.717, 1.165) is 51.4 Å².